The fraction of sp³-hybridized carbons (Fsp3) is 0.261. The molecule has 0 spiro atoms. The maximum atomic E-state index is 14.4. The molecule has 1 atom stereocenters. The second kappa shape index (κ2) is 9.78. The number of hydrogen-bond donors (Lipinski definition) is 1. The first kappa shape index (κ1) is 25.5. The molecule has 0 aliphatic rings. The van der Waals surface area contributed by atoms with E-state index in [0.29, 0.717) is 0 Å². The lowest BCUT2D eigenvalue weighted by Gasteiger charge is -2.20. The van der Waals surface area contributed by atoms with Crippen LogP contribution in [0.15, 0.2) is 47.4 Å². The van der Waals surface area contributed by atoms with Gasteiger partial charge >= 0.3 is 11.9 Å². The van der Waals surface area contributed by atoms with Crippen molar-refractivity contribution in [3.63, 3.8) is 0 Å². The number of halogens is 5. The van der Waals surface area contributed by atoms with E-state index in [1.807, 2.05) is 0 Å². The van der Waals surface area contributed by atoms with Gasteiger partial charge in [-0.25, -0.2) is 14.2 Å². The van der Waals surface area contributed by atoms with Crippen LogP contribution >= 0.6 is 11.6 Å². The highest BCUT2D eigenvalue weighted by Gasteiger charge is 2.38. The lowest BCUT2D eigenvalue weighted by molar-refractivity contribution is -0.189. The van der Waals surface area contributed by atoms with E-state index in [2.05, 4.69) is 10.1 Å². The van der Waals surface area contributed by atoms with Gasteiger partial charge in [-0.15, -0.1) is 5.10 Å². The van der Waals surface area contributed by atoms with Crippen LogP contribution < -0.4 is 15.2 Å². The molecule has 1 N–H and O–H groups in total. The Labute approximate surface area is 206 Å². The summed E-state index contributed by atoms with van der Waals surface area (Å²) < 4.78 is 67.5. The zero-order valence-corrected chi connectivity index (χ0v) is 19.6. The zero-order valence-electron chi connectivity index (χ0n) is 18.9. The number of aliphatic hydroxyl groups is 1. The van der Waals surface area contributed by atoms with Crippen LogP contribution in [0, 0.1) is 5.82 Å². The second-order valence-corrected chi connectivity index (χ2v) is 8.03. The van der Waals surface area contributed by atoms with Crippen molar-refractivity contribution in [3.8, 4) is 23.1 Å². The molecule has 0 aliphatic heterocycles. The highest BCUT2D eigenvalue weighted by molar-refractivity contribution is 6.32. The van der Waals surface area contributed by atoms with Crippen molar-refractivity contribution in [2.45, 2.75) is 39.3 Å². The van der Waals surface area contributed by atoms with Crippen LogP contribution in [0.25, 0.3) is 16.5 Å². The molecule has 0 bridgehead atoms. The maximum absolute atomic E-state index is 14.4. The monoisotopic (exact) mass is 526 g/mol. The van der Waals surface area contributed by atoms with Gasteiger partial charge in [0.15, 0.2) is 23.5 Å². The number of benzene rings is 2. The summed E-state index contributed by atoms with van der Waals surface area (Å²) in [5.41, 5.74) is -0.542. The van der Waals surface area contributed by atoms with Gasteiger partial charge in [0.2, 0.25) is 5.88 Å². The predicted octanol–water partition coefficient (Wildman–Crippen LogP) is 5.01. The van der Waals surface area contributed by atoms with Crippen LogP contribution in [0.1, 0.15) is 19.7 Å². The van der Waals surface area contributed by atoms with Gasteiger partial charge in [-0.05, 0) is 43.5 Å². The maximum Gasteiger partial charge on any atom is 0.425 e. The molecule has 36 heavy (non-hydrogen) atoms. The van der Waals surface area contributed by atoms with Gasteiger partial charge in [0.05, 0.1) is 16.1 Å². The van der Waals surface area contributed by atoms with E-state index in [9.17, 15) is 27.5 Å². The summed E-state index contributed by atoms with van der Waals surface area (Å²) in [4.78, 5) is 16.9. The van der Waals surface area contributed by atoms with E-state index in [1.165, 1.54) is 35.0 Å². The van der Waals surface area contributed by atoms with Crippen LogP contribution in [0.5, 0.6) is 17.4 Å². The van der Waals surface area contributed by atoms with Crippen molar-refractivity contribution in [1.82, 2.24) is 19.3 Å². The number of pyridine rings is 1. The quantitative estimate of drug-likeness (QED) is 0.340. The number of hydrogen-bond acceptors (Lipinski definition) is 6. The summed E-state index contributed by atoms with van der Waals surface area (Å²) >= 11 is 6.04. The summed E-state index contributed by atoms with van der Waals surface area (Å²) in [5, 5.41) is 13.8. The average molecular weight is 527 g/mol. The Morgan fingerprint density at radius 3 is 2.58 bits per heavy atom. The van der Waals surface area contributed by atoms with Crippen molar-refractivity contribution in [3.05, 3.63) is 69.7 Å². The first-order valence-corrected chi connectivity index (χ1v) is 11.0. The molecule has 2 heterocycles. The Balaban J connectivity index is 1.95. The minimum absolute atomic E-state index is 0.0120. The van der Waals surface area contributed by atoms with E-state index in [-0.39, 0.29) is 51.2 Å². The van der Waals surface area contributed by atoms with Crippen LogP contribution in [0.4, 0.5) is 17.6 Å². The Bertz CT molecular complexity index is 1470. The van der Waals surface area contributed by atoms with Gasteiger partial charge in [0.1, 0.15) is 12.4 Å². The minimum atomic E-state index is -4.72. The standard InChI is InChI=1S/C23H19ClF4N4O4/c1-3-31-18(11-33)30-32(22(31)34)14-9-13-7-8-29-21(36-20-15(24)5-4-6-16(20)25)19(13)17(10-14)35-12(2)23(26,27)28/h4-10,12,33H,3,11H2,1-2H3. The topological polar surface area (TPSA) is 91.4 Å². The number of aliphatic hydroxyl groups excluding tert-OH is 1. The van der Waals surface area contributed by atoms with Crippen LogP contribution in [0.3, 0.4) is 0 Å². The van der Waals surface area contributed by atoms with E-state index in [4.69, 9.17) is 21.1 Å². The van der Waals surface area contributed by atoms with Crippen LogP contribution in [-0.4, -0.2) is 36.7 Å². The first-order valence-electron chi connectivity index (χ1n) is 10.6. The molecule has 0 radical (unpaired) electrons. The Morgan fingerprint density at radius 2 is 1.97 bits per heavy atom. The molecule has 0 saturated heterocycles. The number of rotatable bonds is 7. The third-order valence-corrected chi connectivity index (χ3v) is 5.60. The van der Waals surface area contributed by atoms with E-state index >= 15 is 0 Å². The van der Waals surface area contributed by atoms with E-state index < -0.39 is 30.4 Å². The van der Waals surface area contributed by atoms with Gasteiger partial charge in [-0.3, -0.25) is 4.57 Å². The smallest absolute Gasteiger partial charge is 0.425 e. The lowest BCUT2D eigenvalue weighted by Crippen LogP contribution is -2.31. The molecule has 4 aromatic rings. The number of para-hydroxylation sites is 1. The number of alkyl halides is 3. The molecule has 0 fully saturated rings. The van der Waals surface area contributed by atoms with Gasteiger partial charge < -0.3 is 14.6 Å². The van der Waals surface area contributed by atoms with Crippen molar-refractivity contribution in [2.75, 3.05) is 0 Å². The SMILES string of the molecule is CCn1c(CO)nn(-c2cc(OC(C)C(F)(F)F)c3c(Oc4c(F)cccc4Cl)nccc3c2)c1=O. The average Bonchev–Trinajstić information content (AvgIpc) is 3.16. The molecule has 2 aromatic carbocycles. The van der Waals surface area contributed by atoms with Gasteiger partial charge in [0, 0.05) is 18.8 Å². The summed E-state index contributed by atoms with van der Waals surface area (Å²) in [6.07, 6.45) is -5.68. The molecule has 4 rings (SSSR count). The van der Waals surface area contributed by atoms with Crippen molar-refractivity contribution >= 4 is 22.4 Å². The highest BCUT2D eigenvalue weighted by Crippen LogP contribution is 2.40. The number of aromatic nitrogens is 4. The summed E-state index contributed by atoms with van der Waals surface area (Å²) in [7, 11) is 0. The Kier molecular flexibility index (Phi) is 6.92. The molecule has 2 aromatic heterocycles. The molecule has 0 amide bonds. The Hall–Kier alpha value is -3.64. The molecule has 0 saturated carbocycles. The van der Waals surface area contributed by atoms with Crippen molar-refractivity contribution < 1.29 is 32.1 Å². The van der Waals surface area contributed by atoms with Gasteiger partial charge in [-0.2, -0.15) is 17.9 Å². The predicted molar refractivity (Wildman–Crippen MR) is 122 cm³/mol. The number of nitrogens with zero attached hydrogens (tertiary/aromatic N) is 4. The summed E-state index contributed by atoms with van der Waals surface area (Å²) in [6.45, 7) is 2.17. The molecule has 190 valence electrons. The molecule has 1 unspecified atom stereocenters. The fourth-order valence-corrected chi connectivity index (χ4v) is 3.70. The van der Waals surface area contributed by atoms with Crippen LogP contribution in [0.2, 0.25) is 5.02 Å². The largest absolute Gasteiger partial charge is 0.480 e. The summed E-state index contributed by atoms with van der Waals surface area (Å²) in [5.74, 6) is -1.72. The van der Waals surface area contributed by atoms with Crippen molar-refractivity contribution in [2.24, 2.45) is 0 Å². The number of ether oxygens (including phenoxy) is 2. The first-order chi connectivity index (χ1) is 17.0. The Morgan fingerprint density at radius 1 is 1.22 bits per heavy atom. The van der Waals surface area contributed by atoms with Gasteiger partial charge in [0.25, 0.3) is 0 Å². The third kappa shape index (κ3) is 4.73. The minimum Gasteiger partial charge on any atom is -0.480 e. The van der Waals surface area contributed by atoms with Crippen molar-refractivity contribution in [1.29, 1.82) is 0 Å². The molecular weight excluding hydrogens is 508 g/mol. The molecule has 0 aliphatic carbocycles. The molecule has 8 nitrogen and oxygen atoms in total. The summed E-state index contributed by atoms with van der Waals surface area (Å²) in [6, 6.07) is 7.91. The lowest BCUT2D eigenvalue weighted by atomic mass is 10.1. The molecular formula is C23H19ClF4N4O4. The van der Waals surface area contributed by atoms with E-state index in [0.717, 1.165) is 23.7 Å². The highest BCUT2D eigenvalue weighted by atomic mass is 35.5. The second-order valence-electron chi connectivity index (χ2n) is 7.63. The third-order valence-electron chi connectivity index (χ3n) is 5.30. The van der Waals surface area contributed by atoms with Crippen LogP contribution in [-0.2, 0) is 13.2 Å². The normalized spacial score (nSPS) is 12.7. The fourth-order valence-electron chi connectivity index (χ4n) is 3.50. The van der Waals surface area contributed by atoms with E-state index in [1.54, 1.807) is 6.92 Å². The molecule has 13 heteroatoms. The number of fused-ring (bicyclic) bond motifs is 1. The zero-order chi connectivity index (χ0) is 26.2. The van der Waals surface area contributed by atoms with Gasteiger partial charge in [-0.1, -0.05) is 17.7 Å².